The number of aromatic nitrogens is 2. The van der Waals surface area contributed by atoms with Crippen LogP contribution >= 0.6 is 0 Å². The minimum absolute atomic E-state index is 0.0884. The number of anilines is 2. The van der Waals surface area contributed by atoms with Crippen molar-refractivity contribution in [1.82, 2.24) is 9.78 Å². The monoisotopic (exact) mass is 368 g/mol. The SMILES string of the molecule is CCN1C(=O)C(C)(C)c2cc(NC(=O)c3cc4n(n3)CCCO4)cc(C)c21. The van der Waals surface area contributed by atoms with E-state index in [1.807, 2.05) is 44.7 Å². The molecule has 1 N–H and O–H groups in total. The van der Waals surface area contributed by atoms with E-state index in [2.05, 4.69) is 10.4 Å². The molecule has 27 heavy (non-hydrogen) atoms. The van der Waals surface area contributed by atoms with Crippen molar-refractivity contribution < 1.29 is 14.3 Å². The summed E-state index contributed by atoms with van der Waals surface area (Å²) in [4.78, 5) is 27.2. The third-order valence-corrected chi connectivity index (χ3v) is 5.34. The van der Waals surface area contributed by atoms with Crippen molar-refractivity contribution in [3.8, 4) is 5.88 Å². The van der Waals surface area contributed by atoms with E-state index in [1.54, 1.807) is 10.7 Å². The van der Waals surface area contributed by atoms with Gasteiger partial charge in [0.25, 0.3) is 5.91 Å². The van der Waals surface area contributed by atoms with Gasteiger partial charge in [-0.15, -0.1) is 0 Å². The van der Waals surface area contributed by atoms with Gasteiger partial charge in [-0.1, -0.05) is 0 Å². The molecule has 0 fully saturated rings. The number of rotatable bonds is 3. The Labute approximate surface area is 158 Å². The number of likely N-dealkylation sites (N-methyl/N-ethyl adjacent to an activating group) is 1. The molecule has 7 heteroatoms. The van der Waals surface area contributed by atoms with Crippen LogP contribution in [-0.4, -0.2) is 34.7 Å². The maximum atomic E-state index is 12.7. The van der Waals surface area contributed by atoms with Gasteiger partial charge >= 0.3 is 0 Å². The summed E-state index contributed by atoms with van der Waals surface area (Å²) in [6.45, 7) is 9.82. The molecule has 2 aliphatic heterocycles. The Balaban J connectivity index is 1.65. The van der Waals surface area contributed by atoms with Gasteiger partial charge in [-0.05, 0) is 51.0 Å². The number of carbonyl (C=O) groups is 2. The first-order valence-electron chi connectivity index (χ1n) is 9.32. The van der Waals surface area contributed by atoms with E-state index in [4.69, 9.17) is 4.74 Å². The van der Waals surface area contributed by atoms with Gasteiger partial charge in [-0.2, -0.15) is 5.10 Å². The van der Waals surface area contributed by atoms with Crippen LogP contribution in [0, 0.1) is 6.92 Å². The topological polar surface area (TPSA) is 76.5 Å². The Morgan fingerprint density at radius 3 is 2.81 bits per heavy atom. The Morgan fingerprint density at radius 2 is 2.11 bits per heavy atom. The summed E-state index contributed by atoms with van der Waals surface area (Å²) in [5, 5.41) is 7.25. The van der Waals surface area contributed by atoms with Crippen LogP contribution < -0.4 is 15.0 Å². The van der Waals surface area contributed by atoms with Crippen molar-refractivity contribution in [2.45, 2.75) is 46.1 Å². The summed E-state index contributed by atoms with van der Waals surface area (Å²) in [5.41, 5.74) is 3.25. The molecule has 2 aromatic rings. The van der Waals surface area contributed by atoms with Gasteiger partial charge in [0.2, 0.25) is 11.8 Å². The van der Waals surface area contributed by atoms with E-state index in [9.17, 15) is 9.59 Å². The molecule has 0 saturated carbocycles. The first-order chi connectivity index (χ1) is 12.8. The second-order valence-electron chi connectivity index (χ2n) is 7.61. The van der Waals surface area contributed by atoms with Crippen molar-refractivity contribution in [2.24, 2.45) is 0 Å². The van der Waals surface area contributed by atoms with E-state index in [-0.39, 0.29) is 11.8 Å². The first kappa shape index (κ1) is 17.6. The van der Waals surface area contributed by atoms with Gasteiger partial charge in [0, 0.05) is 31.3 Å². The zero-order valence-corrected chi connectivity index (χ0v) is 16.1. The highest BCUT2D eigenvalue weighted by Gasteiger charge is 2.44. The molecule has 0 bridgehead atoms. The summed E-state index contributed by atoms with van der Waals surface area (Å²) in [5.74, 6) is 0.432. The minimum Gasteiger partial charge on any atom is -0.478 e. The highest BCUT2D eigenvalue weighted by Crippen LogP contribution is 2.44. The molecule has 0 saturated heterocycles. The van der Waals surface area contributed by atoms with Crippen molar-refractivity contribution in [1.29, 1.82) is 0 Å². The highest BCUT2D eigenvalue weighted by molar-refractivity contribution is 6.09. The van der Waals surface area contributed by atoms with Gasteiger partial charge in [0.15, 0.2) is 5.69 Å². The summed E-state index contributed by atoms with van der Waals surface area (Å²) in [6, 6.07) is 5.47. The molecule has 0 unspecified atom stereocenters. The number of carbonyl (C=O) groups excluding carboxylic acids is 2. The lowest BCUT2D eigenvalue weighted by Gasteiger charge is -2.18. The molecule has 0 spiro atoms. The van der Waals surface area contributed by atoms with Crippen LogP contribution in [0.5, 0.6) is 5.88 Å². The smallest absolute Gasteiger partial charge is 0.276 e. The third kappa shape index (κ3) is 2.69. The summed E-state index contributed by atoms with van der Waals surface area (Å²) in [7, 11) is 0. The number of hydrogen-bond donors (Lipinski definition) is 1. The molecule has 1 aromatic heterocycles. The summed E-state index contributed by atoms with van der Waals surface area (Å²) >= 11 is 0. The number of amides is 2. The molecule has 142 valence electrons. The van der Waals surface area contributed by atoms with Crippen LogP contribution in [0.25, 0.3) is 0 Å². The van der Waals surface area contributed by atoms with Gasteiger partial charge in [-0.25, -0.2) is 4.68 Å². The number of benzene rings is 1. The molecule has 1 aromatic carbocycles. The lowest BCUT2D eigenvalue weighted by atomic mass is 9.85. The quantitative estimate of drug-likeness (QED) is 0.904. The van der Waals surface area contributed by atoms with E-state index < -0.39 is 5.41 Å². The number of nitrogens with zero attached hydrogens (tertiary/aromatic N) is 3. The standard InChI is InChI=1S/C20H24N4O3/c1-5-23-17-12(2)9-13(10-14(17)20(3,4)19(23)26)21-18(25)15-11-16-24(22-15)7-6-8-27-16/h9-11H,5-8H2,1-4H3,(H,21,25). The predicted octanol–water partition coefficient (Wildman–Crippen LogP) is 2.87. The van der Waals surface area contributed by atoms with Crippen LogP contribution in [0.15, 0.2) is 18.2 Å². The van der Waals surface area contributed by atoms with Gasteiger partial charge in [0.1, 0.15) is 0 Å². The van der Waals surface area contributed by atoms with Crippen molar-refractivity contribution >= 4 is 23.2 Å². The molecule has 4 rings (SSSR count). The molecule has 7 nitrogen and oxygen atoms in total. The summed E-state index contributed by atoms with van der Waals surface area (Å²) < 4.78 is 7.24. The highest BCUT2D eigenvalue weighted by atomic mass is 16.5. The lowest BCUT2D eigenvalue weighted by molar-refractivity contribution is -0.122. The summed E-state index contributed by atoms with van der Waals surface area (Å²) in [6.07, 6.45) is 0.886. The van der Waals surface area contributed by atoms with Crippen LogP contribution in [-0.2, 0) is 16.8 Å². The maximum absolute atomic E-state index is 12.7. The zero-order valence-electron chi connectivity index (χ0n) is 16.1. The molecular formula is C20H24N4O3. The molecule has 2 amide bonds. The molecule has 0 atom stereocenters. The first-order valence-corrected chi connectivity index (χ1v) is 9.32. The van der Waals surface area contributed by atoms with Crippen LogP contribution in [0.2, 0.25) is 0 Å². The molecule has 2 aliphatic rings. The second-order valence-corrected chi connectivity index (χ2v) is 7.61. The third-order valence-electron chi connectivity index (χ3n) is 5.34. The van der Waals surface area contributed by atoms with E-state index in [0.29, 0.717) is 30.4 Å². The average molecular weight is 368 g/mol. The zero-order chi connectivity index (χ0) is 19.3. The van der Waals surface area contributed by atoms with Crippen LogP contribution in [0.3, 0.4) is 0 Å². The number of fused-ring (bicyclic) bond motifs is 2. The van der Waals surface area contributed by atoms with Gasteiger partial charge in [0.05, 0.1) is 17.7 Å². The normalized spacial score (nSPS) is 17.3. The fourth-order valence-electron chi connectivity index (χ4n) is 3.92. The van der Waals surface area contributed by atoms with Crippen LogP contribution in [0.1, 0.15) is 48.8 Å². The fraction of sp³-hybridized carbons (Fsp3) is 0.450. The van der Waals surface area contributed by atoms with Crippen molar-refractivity contribution in [3.63, 3.8) is 0 Å². The maximum Gasteiger partial charge on any atom is 0.276 e. The second kappa shape index (κ2) is 6.11. The Morgan fingerprint density at radius 1 is 1.33 bits per heavy atom. The average Bonchev–Trinajstić information content (AvgIpc) is 3.14. The molecular weight excluding hydrogens is 344 g/mol. The van der Waals surface area contributed by atoms with Crippen LogP contribution in [0.4, 0.5) is 11.4 Å². The van der Waals surface area contributed by atoms with Gasteiger partial charge in [-0.3, -0.25) is 9.59 Å². The van der Waals surface area contributed by atoms with E-state index in [1.165, 1.54) is 0 Å². The Kier molecular flexibility index (Phi) is 3.98. The van der Waals surface area contributed by atoms with E-state index in [0.717, 1.165) is 29.8 Å². The fourth-order valence-corrected chi connectivity index (χ4v) is 3.92. The number of hydrogen-bond acceptors (Lipinski definition) is 4. The van der Waals surface area contributed by atoms with Crippen molar-refractivity contribution in [3.05, 3.63) is 35.0 Å². The Bertz CT molecular complexity index is 921. The Hall–Kier alpha value is -2.83. The predicted molar refractivity (Wildman–Crippen MR) is 103 cm³/mol. The van der Waals surface area contributed by atoms with E-state index >= 15 is 0 Å². The number of aryl methyl sites for hydroxylation is 2. The number of nitrogens with one attached hydrogen (secondary N) is 1. The van der Waals surface area contributed by atoms with Gasteiger partial charge < -0.3 is 15.0 Å². The molecule has 3 heterocycles. The molecule has 0 aliphatic carbocycles. The van der Waals surface area contributed by atoms with Crippen molar-refractivity contribution in [2.75, 3.05) is 23.4 Å². The minimum atomic E-state index is -0.613. The number of ether oxygens (including phenoxy) is 1. The lowest BCUT2D eigenvalue weighted by Crippen LogP contribution is -2.36. The molecule has 0 radical (unpaired) electrons. The largest absolute Gasteiger partial charge is 0.478 e.